The number of hydrogen-bond donors (Lipinski definition) is 11. The number of aliphatic carboxylic acids is 1. The van der Waals surface area contributed by atoms with E-state index in [0.717, 1.165) is 32.1 Å². The number of guanidine groups is 1. The van der Waals surface area contributed by atoms with Gasteiger partial charge in [0.1, 0.15) is 30.7 Å². The third kappa shape index (κ3) is 16.4. The molecule has 1 fully saturated rings. The molecule has 0 aromatic heterocycles. The van der Waals surface area contributed by atoms with E-state index in [1.54, 1.807) is 0 Å². The van der Waals surface area contributed by atoms with Gasteiger partial charge in [-0.3, -0.25) is 34.2 Å². The lowest BCUT2D eigenvalue weighted by atomic mass is 9.84. The largest absolute Gasteiger partial charge is 0.480 e. The number of nitrogens with two attached hydrogens (primary N) is 2. The molecule has 1 saturated carbocycles. The van der Waals surface area contributed by atoms with Gasteiger partial charge in [0.25, 0.3) is 0 Å². The van der Waals surface area contributed by atoms with Crippen LogP contribution in [0.2, 0.25) is 0 Å². The highest BCUT2D eigenvalue weighted by atomic mass is 16.4. The fraction of sp³-hybridized carbons (Fsp3) is 0.759. The summed E-state index contributed by atoms with van der Waals surface area (Å²) in [6, 6.07) is -4.49. The van der Waals surface area contributed by atoms with E-state index in [1.807, 2.05) is 13.8 Å². The predicted octanol–water partition coefficient (Wildman–Crippen LogP) is -2.25. The summed E-state index contributed by atoms with van der Waals surface area (Å²) >= 11 is 0. The molecule has 17 nitrogen and oxygen atoms in total. The Morgan fingerprint density at radius 2 is 1.37 bits per heavy atom. The van der Waals surface area contributed by atoms with E-state index >= 15 is 0 Å². The first-order chi connectivity index (χ1) is 21.8. The Kier molecular flexibility index (Phi) is 18.9. The monoisotopic (exact) mass is 655 g/mol. The first kappa shape index (κ1) is 40.0. The van der Waals surface area contributed by atoms with Crippen molar-refractivity contribution in [3.63, 3.8) is 0 Å². The molecule has 13 N–H and O–H groups in total. The molecule has 5 amide bonds. The summed E-state index contributed by atoms with van der Waals surface area (Å²) in [6.45, 7) is 2.42. The van der Waals surface area contributed by atoms with Crippen molar-refractivity contribution in [1.29, 1.82) is 5.41 Å². The van der Waals surface area contributed by atoms with Crippen LogP contribution in [0.5, 0.6) is 0 Å². The van der Waals surface area contributed by atoms with Gasteiger partial charge in [-0.05, 0) is 43.9 Å². The first-order valence-electron chi connectivity index (χ1n) is 15.9. The third-order valence-corrected chi connectivity index (χ3v) is 7.55. The van der Waals surface area contributed by atoms with Crippen LogP contribution in [0.4, 0.5) is 0 Å². The Labute approximate surface area is 269 Å². The van der Waals surface area contributed by atoms with E-state index in [2.05, 4.69) is 31.9 Å². The van der Waals surface area contributed by atoms with Gasteiger partial charge in [0.05, 0.1) is 6.54 Å². The number of nitrogens with one attached hydrogen (secondary N) is 7. The van der Waals surface area contributed by atoms with E-state index in [9.17, 15) is 33.9 Å². The van der Waals surface area contributed by atoms with Crippen molar-refractivity contribution in [3.05, 3.63) is 0 Å². The van der Waals surface area contributed by atoms with Crippen LogP contribution in [0.3, 0.4) is 0 Å². The molecule has 17 heteroatoms. The number of amides is 5. The Hall–Kier alpha value is -3.99. The number of carboxylic acid groups (broad SMARTS) is 1. The van der Waals surface area contributed by atoms with Crippen molar-refractivity contribution < 1.29 is 39.0 Å². The summed E-state index contributed by atoms with van der Waals surface area (Å²) in [5.41, 5.74) is 10.7. The summed E-state index contributed by atoms with van der Waals surface area (Å²) in [5, 5.41) is 41.0. The molecule has 262 valence electrons. The van der Waals surface area contributed by atoms with Gasteiger partial charge in [-0.15, -0.1) is 0 Å². The van der Waals surface area contributed by atoms with Crippen molar-refractivity contribution in [2.75, 3.05) is 26.2 Å². The van der Waals surface area contributed by atoms with Crippen LogP contribution in [0.25, 0.3) is 0 Å². The molecule has 0 spiro atoms. The van der Waals surface area contributed by atoms with Gasteiger partial charge in [0, 0.05) is 13.2 Å². The highest BCUT2D eigenvalue weighted by Crippen LogP contribution is 2.27. The SMILES string of the molecule is CC(C)C[C@H](NC(=O)[C@H](CC1CCCCC1)NC(=O)CN)C(=O)N[C@@H](CCO)C(=O)N[C@@H](CCCNC(=N)N)C(=O)NCC(=O)O. The number of carbonyl (C=O) groups is 6. The Bertz CT molecular complexity index is 1040. The minimum absolute atomic E-state index is 0.0419. The molecular weight excluding hydrogens is 602 g/mol. The zero-order chi connectivity index (χ0) is 34.6. The van der Waals surface area contributed by atoms with Crippen molar-refractivity contribution in [2.24, 2.45) is 23.3 Å². The molecule has 0 heterocycles. The highest BCUT2D eigenvalue weighted by Gasteiger charge is 2.32. The van der Waals surface area contributed by atoms with Gasteiger partial charge in [-0.2, -0.15) is 0 Å². The first-order valence-corrected chi connectivity index (χ1v) is 15.9. The van der Waals surface area contributed by atoms with Crippen molar-refractivity contribution in [1.82, 2.24) is 31.9 Å². The minimum atomic E-state index is -1.30. The molecule has 1 rings (SSSR count). The highest BCUT2D eigenvalue weighted by molar-refractivity contribution is 5.96. The van der Waals surface area contributed by atoms with Crippen molar-refractivity contribution in [2.45, 2.75) is 102 Å². The zero-order valence-electron chi connectivity index (χ0n) is 26.9. The van der Waals surface area contributed by atoms with Gasteiger partial charge in [-0.1, -0.05) is 46.0 Å². The number of carboxylic acids is 1. The second kappa shape index (κ2) is 21.7. The van der Waals surface area contributed by atoms with Gasteiger partial charge in [-0.25, -0.2) is 0 Å². The molecule has 1 aliphatic rings. The van der Waals surface area contributed by atoms with Crippen molar-refractivity contribution >= 4 is 41.5 Å². The standard InChI is InChI=1S/C29H53N9O8/c1-17(2)13-21(38-28(46)22(35-23(40)15-30)14-18-7-4-3-5-8-18)27(45)37-20(10-12-39)26(44)36-19(9-6-11-33-29(31)32)25(43)34-16-24(41)42/h17-22,39H,3-16,30H2,1-2H3,(H,34,43)(H,35,40)(H,36,44)(H,37,45)(H,38,46)(H,41,42)(H4,31,32,33)/t19-,20-,21-,22-/m0/s1. The summed E-state index contributed by atoms with van der Waals surface area (Å²) in [7, 11) is 0. The van der Waals surface area contributed by atoms with E-state index in [0.29, 0.717) is 6.42 Å². The molecule has 0 aliphatic heterocycles. The fourth-order valence-corrected chi connectivity index (χ4v) is 5.24. The Morgan fingerprint density at radius 3 is 1.91 bits per heavy atom. The maximum atomic E-state index is 13.5. The van der Waals surface area contributed by atoms with Crippen LogP contribution in [-0.2, 0) is 28.8 Å². The normalized spacial score (nSPS) is 15.8. The smallest absolute Gasteiger partial charge is 0.322 e. The number of hydrogen-bond acceptors (Lipinski definition) is 9. The van der Waals surface area contributed by atoms with Gasteiger partial charge in [0.15, 0.2) is 5.96 Å². The number of aliphatic hydroxyl groups excluding tert-OH is 1. The lowest BCUT2D eigenvalue weighted by molar-refractivity contribution is -0.138. The van der Waals surface area contributed by atoms with Gasteiger partial charge < -0.3 is 53.6 Å². The summed E-state index contributed by atoms with van der Waals surface area (Å²) in [5.74, 6) is -4.73. The minimum Gasteiger partial charge on any atom is -0.480 e. The molecule has 0 aromatic rings. The number of aliphatic hydroxyl groups is 1. The quantitative estimate of drug-likeness (QED) is 0.0356. The molecule has 1 aliphatic carbocycles. The van der Waals surface area contributed by atoms with Crippen LogP contribution in [0, 0.1) is 17.2 Å². The average molecular weight is 656 g/mol. The number of carbonyl (C=O) groups excluding carboxylic acids is 5. The number of rotatable bonds is 21. The molecule has 0 saturated heterocycles. The van der Waals surface area contributed by atoms with Gasteiger partial charge in [0.2, 0.25) is 29.5 Å². The van der Waals surface area contributed by atoms with E-state index in [4.69, 9.17) is 22.0 Å². The topological polar surface area (TPSA) is 291 Å². The van der Waals surface area contributed by atoms with E-state index in [1.165, 1.54) is 0 Å². The molecule has 46 heavy (non-hydrogen) atoms. The van der Waals surface area contributed by atoms with Crippen LogP contribution < -0.4 is 43.4 Å². The average Bonchev–Trinajstić information content (AvgIpc) is 3.00. The maximum absolute atomic E-state index is 13.5. The third-order valence-electron chi connectivity index (χ3n) is 7.55. The molecular formula is C29H53N9O8. The second-order valence-electron chi connectivity index (χ2n) is 12.0. The predicted molar refractivity (Wildman–Crippen MR) is 169 cm³/mol. The molecule has 0 bridgehead atoms. The molecule has 0 radical (unpaired) electrons. The Morgan fingerprint density at radius 1 is 0.804 bits per heavy atom. The van der Waals surface area contributed by atoms with Gasteiger partial charge >= 0.3 is 5.97 Å². The van der Waals surface area contributed by atoms with Crippen LogP contribution in [0.15, 0.2) is 0 Å². The second-order valence-corrected chi connectivity index (χ2v) is 12.0. The zero-order valence-corrected chi connectivity index (χ0v) is 26.9. The lowest BCUT2D eigenvalue weighted by Gasteiger charge is -2.29. The van der Waals surface area contributed by atoms with Crippen molar-refractivity contribution in [3.8, 4) is 0 Å². The lowest BCUT2D eigenvalue weighted by Crippen LogP contribution is -2.59. The molecule has 0 unspecified atom stereocenters. The molecule has 0 aromatic carbocycles. The van der Waals surface area contributed by atoms with Crippen LogP contribution in [0.1, 0.15) is 78.1 Å². The van der Waals surface area contributed by atoms with E-state index < -0.39 is 72.8 Å². The maximum Gasteiger partial charge on any atom is 0.322 e. The fourth-order valence-electron chi connectivity index (χ4n) is 5.24. The van der Waals surface area contributed by atoms with E-state index in [-0.39, 0.29) is 56.6 Å². The van der Waals surface area contributed by atoms with Crippen LogP contribution in [-0.4, -0.2) is 102 Å². The Balaban J connectivity index is 3.07. The summed E-state index contributed by atoms with van der Waals surface area (Å²) in [6.07, 6.45) is 5.75. The van der Waals surface area contributed by atoms with Crippen LogP contribution >= 0.6 is 0 Å². The summed E-state index contributed by atoms with van der Waals surface area (Å²) in [4.78, 5) is 75.9. The summed E-state index contributed by atoms with van der Waals surface area (Å²) < 4.78 is 0. The molecule has 4 atom stereocenters.